The highest BCUT2D eigenvalue weighted by atomic mass is 16.5. The summed E-state index contributed by atoms with van der Waals surface area (Å²) < 4.78 is 7.64. The lowest BCUT2D eigenvalue weighted by Crippen LogP contribution is -2.24. The monoisotopic (exact) mass is 225 g/mol. The second-order valence-corrected chi connectivity index (χ2v) is 4.33. The highest BCUT2D eigenvalue weighted by molar-refractivity contribution is 4.95. The molecule has 0 radical (unpaired) electrons. The Morgan fingerprint density at radius 2 is 2.25 bits per heavy atom. The van der Waals surface area contributed by atoms with Gasteiger partial charge in [-0.3, -0.25) is 0 Å². The van der Waals surface area contributed by atoms with Crippen LogP contribution in [0.4, 0.5) is 0 Å². The second kappa shape index (κ2) is 6.66. The molecule has 1 unspecified atom stereocenters. The van der Waals surface area contributed by atoms with Gasteiger partial charge in [-0.05, 0) is 20.3 Å². The van der Waals surface area contributed by atoms with Gasteiger partial charge in [-0.1, -0.05) is 6.92 Å². The maximum absolute atomic E-state index is 5.93. The third-order valence-corrected chi connectivity index (χ3v) is 2.55. The van der Waals surface area contributed by atoms with Gasteiger partial charge in [0.1, 0.15) is 5.82 Å². The first-order chi connectivity index (χ1) is 7.63. The predicted octanol–water partition coefficient (Wildman–Crippen LogP) is 1.59. The molecule has 1 aromatic heterocycles. The summed E-state index contributed by atoms with van der Waals surface area (Å²) in [5.74, 6) is 1.06. The van der Waals surface area contributed by atoms with Crippen molar-refractivity contribution < 1.29 is 4.74 Å². The van der Waals surface area contributed by atoms with Gasteiger partial charge in [-0.15, -0.1) is 0 Å². The quantitative estimate of drug-likeness (QED) is 0.766. The maximum atomic E-state index is 5.93. The molecule has 1 atom stereocenters. The normalized spacial score (nSPS) is 13.3. The molecule has 0 spiro atoms. The lowest BCUT2D eigenvalue weighted by atomic mass is 10.1. The summed E-state index contributed by atoms with van der Waals surface area (Å²) in [7, 11) is 0. The summed E-state index contributed by atoms with van der Waals surface area (Å²) in [6.07, 6.45) is 5.92. The summed E-state index contributed by atoms with van der Waals surface area (Å²) in [5.41, 5.74) is 5.93. The summed E-state index contributed by atoms with van der Waals surface area (Å²) in [5, 5.41) is 0. The smallest absolute Gasteiger partial charge is 0.110 e. The van der Waals surface area contributed by atoms with Gasteiger partial charge >= 0.3 is 0 Å². The number of aromatic nitrogens is 2. The molecule has 2 N–H and O–H groups in total. The van der Waals surface area contributed by atoms with Crippen LogP contribution in [0.3, 0.4) is 0 Å². The molecule has 0 aliphatic rings. The fourth-order valence-corrected chi connectivity index (χ4v) is 1.50. The van der Waals surface area contributed by atoms with Crippen LogP contribution in [0, 0.1) is 0 Å². The third-order valence-electron chi connectivity index (χ3n) is 2.55. The average Bonchev–Trinajstić information content (AvgIpc) is 2.65. The molecule has 0 fully saturated rings. The van der Waals surface area contributed by atoms with Crippen LogP contribution in [-0.2, 0) is 17.7 Å². The molecule has 0 aromatic carbocycles. The van der Waals surface area contributed by atoms with Crippen molar-refractivity contribution >= 4 is 0 Å². The van der Waals surface area contributed by atoms with Gasteiger partial charge in [0, 0.05) is 31.4 Å². The molecule has 92 valence electrons. The Labute approximate surface area is 97.8 Å². The van der Waals surface area contributed by atoms with Crippen molar-refractivity contribution in [1.82, 2.24) is 9.55 Å². The molecule has 1 heterocycles. The number of hydrogen-bond acceptors (Lipinski definition) is 3. The van der Waals surface area contributed by atoms with Crippen molar-refractivity contribution in [2.75, 3.05) is 6.61 Å². The largest absolute Gasteiger partial charge is 0.377 e. The number of rotatable bonds is 7. The SMILES string of the molecule is CCC(N)Cc1nccn1CCOC(C)C. The highest BCUT2D eigenvalue weighted by Crippen LogP contribution is 2.03. The first-order valence-electron chi connectivity index (χ1n) is 6.00. The molecule has 0 aliphatic heterocycles. The molecule has 1 rings (SSSR count). The second-order valence-electron chi connectivity index (χ2n) is 4.33. The minimum Gasteiger partial charge on any atom is -0.377 e. The molecule has 0 saturated heterocycles. The van der Waals surface area contributed by atoms with Crippen LogP contribution in [0.15, 0.2) is 12.4 Å². The van der Waals surface area contributed by atoms with Crippen molar-refractivity contribution in [2.24, 2.45) is 5.73 Å². The molecular weight excluding hydrogens is 202 g/mol. The van der Waals surface area contributed by atoms with E-state index in [1.807, 2.05) is 26.2 Å². The zero-order chi connectivity index (χ0) is 12.0. The van der Waals surface area contributed by atoms with Crippen LogP contribution in [0.25, 0.3) is 0 Å². The molecule has 1 aromatic rings. The van der Waals surface area contributed by atoms with Crippen molar-refractivity contribution in [3.63, 3.8) is 0 Å². The van der Waals surface area contributed by atoms with Crippen molar-refractivity contribution in [2.45, 2.75) is 52.3 Å². The molecule has 0 aliphatic carbocycles. The van der Waals surface area contributed by atoms with Gasteiger partial charge in [0.15, 0.2) is 0 Å². The molecule has 4 heteroatoms. The van der Waals surface area contributed by atoms with E-state index < -0.39 is 0 Å². The Balaban J connectivity index is 2.44. The van der Waals surface area contributed by atoms with E-state index in [1.54, 1.807) is 0 Å². The van der Waals surface area contributed by atoms with Crippen LogP contribution in [-0.4, -0.2) is 28.3 Å². The van der Waals surface area contributed by atoms with Crippen LogP contribution in [0.2, 0.25) is 0 Å². The number of hydrogen-bond donors (Lipinski definition) is 1. The molecule has 0 amide bonds. The van der Waals surface area contributed by atoms with E-state index in [4.69, 9.17) is 10.5 Å². The summed E-state index contributed by atoms with van der Waals surface area (Å²) in [6, 6.07) is 0.201. The Morgan fingerprint density at radius 1 is 1.50 bits per heavy atom. The first-order valence-corrected chi connectivity index (χ1v) is 6.00. The van der Waals surface area contributed by atoms with E-state index >= 15 is 0 Å². The Bertz CT molecular complexity index is 296. The minimum absolute atomic E-state index is 0.201. The predicted molar refractivity (Wildman–Crippen MR) is 65.3 cm³/mol. The fourth-order valence-electron chi connectivity index (χ4n) is 1.50. The minimum atomic E-state index is 0.201. The van der Waals surface area contributed by atoms with Crippen molar-refractivity contribution in [1.29, 1.82) is 0 Å². The number of nitrogens with zero attached hydrogens (tertiary/aromatic N) is 2. The van der Waals surface area contributed by atoms with E-state index in [0.717, 1.165) is 31.8 Å². The maximum Gasteiger partial charge on any atom is 0.110 e. The topological polar surface area (TPSA) is 53.1 Å². The molecule has 0 saturated carbocycles. The van der Waals surface area contributed by atoms with Gasteiger partial charge in [0.05, 0.1) is 12.7 Å². The average molecular weight is 225 g/mol. The van der Waals surface area contributed by atoms with Crippen LogP contribution in [0.1, 0.15) is 33.0 Å². The van der Waals surface area contributed by atoms with Crippen LogP contribution in [0.5, 0.6) is 0 Å². The highest BCUT2D eigenvalue weighted by Gasteiger charge is 2.07. The van der Waals surface area contributed by atoms with Crippen LogP contribution >= 0.6 is 0 Å². The Hall–Kier alpha value is -0.870. The third kappa shape index (κ3) is 4.33. The lowest BCUT2D eigenvalue weighted by Gasteiger charge is -2.12. The fraction of sp³-hybridized carbons (Fsp3) is 0.750. The van der Waals surface area contributed by atoms with Gasteiger partial charge in [0.2, 0.25) is 0 Å². The zero-order valence-electron chi connectivity index (χ0n) is 10.5. The van der Waals surface area contributed by atoms with Gasteiger partial charge < -0.3 is 15.0 Å². The van der Waals surface area contributed by atoms with E-state index in [2.05, 4.69) is 16.5 Å². The Kier molecular flexibility index (Phi) is 5.49. The van der Waals surface area contributed by atoms with E-state index in [-0.39, 0.29) is 12.1 Å². The molecule has 0 bridgehead atoms. The number of nitrogens with two attached hydrogens (primary N) is 1. The van der Waals surface area contributed by atoms with Crippen molar-refractivity contribution in [3.05, 3.63) is 18.2 Å². The van der Waals surface area contributed by atoms with E-state index in [1.165, 1.54) is 0 Å². The zero-order valence-corrected chi connectivity index (χ0v) is 10.5. The first kappa shape index (κ1) is 13.2. The summed E-state index contributed by atoms with van der Waals surface area (Å²) >= 11 is 0. The van der Waals surface area contributed by atoms with Crippen LogP contribution < -0.4 is 5.73 Å². The van der Waals surface area contributed by atoms with Crippen molar-refractivity contribution in [3.8, 4) is 0 Å². The summed E-state index contributed by atoms with van der Waals surface area (Å²) in [4.78, 5) is 4.33. The van der Waals surface area contributed by atoms with E-state index in [0.29, 0.717) is 0 Å². The van der Waals surface area contributed by atoms with Gasteiger partial charge in [0.25, 0.3) is 0 Å². The number of ether oxygens (including phenoxy) is 1. The molecule has 4 nitrogen and oxygen atoms in total. The van der Waals surface area contributed by atoms with Gasteiger partial charge in [-0.2, -0.15) is 0 Å². The number of imidazole rings is 1. The van der Waals surface area contributed by atoms with Gasteiger partial charge in [-0.25, -0.2) is 4.98 Å². The summed E-state index contributed by atoms with van der Waals surface area (Å²) in [6.45, 7) is 7.76. The standard InChI is InChI=1S/C12H23N3O/c1-4-11(13)9-12-14-5-6-15(12)7-8-16-10(2)3/h5-6,10-11H,4,7-9,13H2,1-3H3. The molecule has 16 heavy (non-hydrogen) atoms. The van der Waals surface area contributed by atoms with E-state index in [9.17, 15) is 0 Å². The lowest BCUT2D eigenvalue weighted by molar-refractivity contribution is 0.0723. The Morgan fingerprint density at radius 3 is 2.88 bits per heavy atom. The molecular formula is C12H23N3O.